The molecule has 12 nitrogen and oxygen atoms in total. The fourth-order valence-electron chi connectivity index (χ4n) is 4.88. The van der Waals surface area contributed by atoms with Crippen molar-refractivity contribution in [3.8, 4) is 23.0 Å². The zero-order chi connectivity index (χ0) is 32.4. The fourth-order valence-corrected chi connectivity index (χ4v) is 6.69. The van der Waals surface area contributed by atoms with Gasteiger partial charge in [-0.15, -0.1) is 0 Å². The van der Waals surface area contributed by atoms with E-state index in [1.165, 1.54) is 18.2 Å². The van der Waals surface area contributed by atoms with E-state index in [4.69, 9.17) is 32.4 Å². The van der Waals surface area contributed by atoms with Crippen molar-refractivity contribution in [1.29, 1.82) is 0 Å². The van der Waals surface area contributed by atoms with Gasteiger partial charge in [-0.25, -0.2) is 9.98 Å². The number of nitrogens with zero attached hydrogens (tertiary/aromatic N) is 2. The van der Waals surface area contributed by atoms with Crippen LogP contribution in [0.1, 0.15) is 0 Å². The summed E-state index contributed by atoms with van der Waals surface area (Å²) >= 11 is 13.5. The quantitative estimate of drug-likeness (QED) is 0.0828. The Morgan fingerprint density at radius 3 is 2.10 bits per heavy atom. The van der Waals surface area contributed by atoms with Crippen LogP contribution in [0.5, 0.6) is 11.5 Å². The molecule has 4 aromatic rings. The molecule has 0 unspecified atom stereocenters. The first-order valence-electron chi connectivity index (χ1n) is 13.2. The minimum absolute atomic E-state index is 0. The molecular formula is C30H18Cl2N4Na2O8S2. The van der Waals surface area contributed by atoms with Crippen molar-refractivity contribution < 1.29 is 35.1 Å². The summed E-state index contributed by atoms with van der Waals surface area (Å²) < 4.78 is 81.4. The van der Waals surface area contributed by atoms with Gasteiger partial charge >= 0.3 is 0 Å². The standard InChI is InChI=1S/C30H18Cl2N4O8S2.2Na/c31-25-28-30(44-22-12-20(34-16-9-5-2-6-10-16)24(46(40,41)42)14-18(22)36-28)26(32)27-29(25)43-21-11-19(33-15-7-3-1-4-8-15)23(45(37,38)39)13-17(21)35-27;;/h1-14,33,35H,(H,37,38,39)(H,40,41,42);;. The van der Waals surface area contributed by atoms with E-state index < -0.39 is 30.0 Å². The zero-order valence-corrected chi connectivity index (χ0v) is 32.0. The third kappa shape index (κ3) is 6.99. The summed E-state index contributed by atoms with van der Waals surface area (Å²) in [5, 5.41) is 5.73. The molecule has 0 saturated heterocycles. The van der Waals surface area contributed by atoms with Gasteiger partial charge in [0.15, 0.2) is 22.8 Å². The second-order valence-corrected chi connectivity index (χ2v) is 13.5. The minimum atomic E-state index is -4.74. The molecule has 7 rings (SSSR count). The van der Waals surface area contributed by atoms with Gasteiger partial charge in [-0.2, -0.15) is 16.8 Å². The summed E-state index contributed by atoms with van der Waals surface area (Å²) in [6.07, 6.45) is 0. The van der Waals surface area contributed by atoms with E-state index in [1.807, 2.05) is 0 Å². The first-order valence-corrected chi connectivity index (χ1v) is 16.8. The summed E-state index contributed by atoms with van der Waals surface area (Å²) in [5.74, 6) is 0.216. The largest absolute Gasteiger partial charge is 0.451 e. The molecule has 4 N–H and O–H groups in total. The molecule has 0 atom stereocenters. The van der Waals surface area contributed by atoms with Gasteiger partial charge in [-0.05, 0) is 36.4 Å². The summed E-state index contributed by atoms with van der Waals surface area (Å²) in [5.41, 5.74) is 1.26. The predicted octanol–water partition coefficient (Wildman–Crippen LogP) is 6.80. The van der Waals surface area contributed by atoms with Gasteiger partial charge in [0.1, 0.15) is 36.7 Å². The maximum atomic E-state index is 12.3. The van der Waals surface area contributed by atoms with Crippen molar-refractivity contribution >= 4 is 142 Å². The molecule has 1 aliphatic carbocycles. The molecule has 0 amide bonds. The van der Waals surface area contributed by atoms with Gasteiger partial charge in [-0.1, -0.05) is 59.6 Å². The summed E-state index contributed by atoms with van der Waals surface area (Å²) in [6, 6.07) is 22.1. The number of fused-ring (bicyclic) bond motifs is 4. The van der Waals surface area contributed by atoms with Crippen molar-refractivity contribution in [2.45, 2.75) is 9.79 Å². The van der Waals surface area contributed by atoms with E-state index in [-0.39, 0.29) is 126 Å². The molecule has 18 heteroatoms. The van der Waals surface area contributed by atoms with E-state index >= 15 is 0 Å². The Morgan fingerprint density at radius 1 is 0.812 bits per heavy atom. The number of nitrogens with one attached hydrogen (secondary N) is 2. The maximum absolute atomic E-state index is 12.3. The Bertz CT molecular complexity index is 2490. The minimum Gasteiger partial charge on any atom is -0.451 e. The van der Waals surface area contributed by atoms with Crippen molar-refractivity contribution in [1.82, 2.24) is 4.98 Å². The number of benzene rings is 5. The maximum Gasteiger partial charge on any atom is 0.296 e. The first-order chi connectivity index (χ1) is 21.9. The summed E-state index contributed by atoms with van der Waals surface area (Å²) in [7, 11) is -9.44. The van der Waals surface area contributed by atoms with Crippen molar-refractivity contribution in [3.63, 3.8) is 0 Å². The van der Waals surface area contributed by atoms with Crippen molar-refractivity contribution in [2.75, 3.05) is 10.6 Å². The number of para-hydroxylation sites is 2. The van der Waals surface area contributed by atoms with E-state index in [2.05, 4.69) is 20.6 Å². The van der Waals surface area contributed by atoms with Crippen LogP contribution in [0.3, 0.4) is 0 Å². The number of ether oxygens (including phenoxy) is 1. The number of halogens is 2. The number of hydrogen-bond donors (Lipinski definition) is 4. The summed E-state index contributed by atoms with van der Waals surface area (Å²) in [4.78, 5) is 7.89. The van der Waals surface area contributed by atoms with Gasteiger partial charge < -0.3 is 19.8 Å². The van der Waals surface area contributed by atoms with Crippen LogP contribution in [0, 0.1) is 0 Å². The van der Waals surface area contributed by atoms with Crippen LogP contribution in [-0.4, -0.2) is 90.0 Å². The van der Waals surface area contributed by atoms with E-state index in [1.54, 1.807) is 60.7 Å². The van der Waals surface area contributed by atoms with Crippen molar-refractivity contribution in [3.05, 3.63) is 100 Å². The Kier molecular flexibility index (Phi) is 10.6. The fraction of sp³-hybridized carbons (Fsp3) is 0. The van der Waals surface area contributed by atoms with Gasteiger partial charge in [0.05, 0.1) is 22.4 Å². The Hall–Kier alpha value is -2.70. The Labute approximate surface area is 327 Å². The molecule has 234 valence electrons. The SMILES string of the molecule is O=S(=O)(O)c1cc2c(cc1Nc1ccccc1)Oc1c(c(Cl)c3oc4cc(=Nc5ccccc5)c(S(=O)(=O)O)cc-4nc3c1Cl)N2.[Na].[Na]. The van der Waals surface area contributed by atoms with Gasteiger partial charge in [0.25, 0.3) is 20.2 Å². The molecule has 0 aromatic heterocycles. The van der Waals surface area contributed by atoms with Crippen LogP contribution >= 0.6 is 23.2 Å². The normalized spacial score (nSPS) is 12.6. The van der Waals surface area contributed by atoms with Crippen LogP contribution in [-0.2, 0) is 20.2 Å². The van der Waals surface area contributed by atoms with Crippen LogP contribution in [0.25, 0.3) is 22.6 Å². The summed E-state index contributed by atoms with van der Waals surface area (Å²) in [6.45, 7) is 0. The second-order valence-electron chi connectivity index (χ2n) is 9.97. The third-order valence-corrected chi connectivity index (χ3v) is 9.41. The number of aromatic nitrogens is 1. The van der Waals surface area contributed by atoms with E-state index in [0.29, 0.717) is 11.4 Å². The molecule has 0 saturated carbocycles. The van der Waals surface area contributed by atoms with Crippen LogP contribution < -0.4 is 20.7 Å². The number of hydrogen-bond acceptors (Lipinski definition) is 10. The molecule has 48 heavy (non-hydrogen) atoms. The molecule has 2 heterocycles. The average Bonchev–Trinajstić information content (AvgIpc) is 3.02. The average molecular weight is 744 g/mol. The van der Waals surface area contributed by atoms with Crippen molar-refractivity contribution in [2.24, 2.45) is 4.99 Å². The zero-order valence-electron chi connectivity index (χ0n) is 24.9. The number of anilines is 4. The molecule has 3 aliphatic rings. The van der Waals surface area contributed by atoms with Gasteiger partial charge in [0.2, 0.25) is 0 Å². The smallest absolute Gasteiger partial charge is 0.296 e. The Morgan fingerprint density at radius 2 is 1.46 bits per heavy atom. The number of rotatable bonds is 5. The second kappa shape index (κ2) is 13.9. The topological polar surface area (TPSA) is 180 Å². The first kappa shape index (κ1) is 36.6. The van der Waals surface area contributed by atoms with Crippen LogP contribution in [0.15, 0.2) is 104 Å². The molecule has 4 aromatic carbocycles. The Balaban J connectivity index is 0.00000225. The molecular weight excluding hydrogens is 725 g/mol. The molecule has 2 aliphatic heterocycles. The van der Waals surface area contributed by atoms with Crippen LogP contribution in [0.2, 0.25) is 10.0 Å². The molecule has 0 fully saturated rings. The molecule has 2 radical (unpaired) electrons. The van der Waals surface area contributed by atoms with Gasteiger partial charge in [-0.3, -0.25) is 9.11 Å². The monoisotopic (exact) mass is 742 g/mol. The van der Waals surface area contributed by atoms with Gasteiger partial charge in [0, 0.05) is 76.9 Å². The van der Waals surface area contributed by atoms with Crippen LogP contribution in [0.4, 0.5) is 28.4 Å². The predicted molar refractivity (Wildman–Crippen MR) is 183 cm³/mol. The molecule has 0 spiro atoms. The third-order valence-electron chi connectivity index (χ3n) is 6.92. The van der Waals surface area contributed by atoms with E-state index in [9.17, 15) is 25.9 Å². The van der Waals surface area contributed by atoms with E-state index in [0.717, 1.165) is 6.07 Å². The molecule has 0 bridgehead atoms.